The van der Waals surface area contributed by atoms with Gasteiger partial charge in [0.2, 0.25) is 0 Å². The molecule has 18 heavy (non-hydrogen) atoms. The minimum Gasteiger partial charge on any atom is -0.468 e. The van der Waals surface area contributed by atoms with Gasteiger partial charge in [-0.3, -0.25) is 14.4 Å². The summed E-state index contributed by atoms with van der Waals surface area (Å²) in [4.78, 5) is 34.3. The van der Waals surface area contributed by atoms with Crippen LogP contribution in [-0.4, -0.2) is 31.3 Å². The molecule has 1 aromatic carbocycles. The number of amides is 1. The van der Waals surface area contributed by atoms with Crippen molar-refractivity contribution in [2.24, 2.45) is 5.92 Å². The summed E-state index contributed by atoms with van der Waals surface area (Å²) in [5.41, 5.74) is 0.477. The summed E-state index contributed by atoms with van der Waals surface area (Å²) in [6.07, 6.45) is 0. The van der Waals surface area contributed by atoms with Crippen molar-refractivity contribution in [3.8, 4) is 0 Å². The average molecular weight is 249 g/mol. The number of ketones is 1. The van der Waals surface area contributed by atoms with Crippen LogP contribution in [0.25, 0.3) is 0 Å². The molecule has 0 saturated carbocycles. The van der Waals surface area contributed by atoms with Gasteiger partial charge in [-0.1, -0.05) is 18.2 Å². The molecular formula is C13H15NO4. The Hall–Kier alpha value is -2.17. The Bertz CT molecular complexity index is 442. The van der Waals surface area contributed by atoms with Crippen molar-refractivity contribution in [1.82, 2.24) is 5.32 Å². The Morgan fingerprint density at radius 3 is 2.33 bits per heavy atom. The van der Waals surface area contributed by atoms with E-state index in [1.165, 1.54) is 14.0 Å². The van der Waals surface area contributed by atoms with E-state index in [1.54, 1.807) is 30.3 Å². The van der Waals surface area contributed by atoms with Crippen molar-refractivity contribution in [3.05, 3.63) is 35.9 Å². The number of Topliss-reactive ketones (excluding diaryl/α,β-unsaturated/α-hetero) is 1. The highest BCUT2D eigenvalue weighted by molar-refractivity contribution is 5.99. The summed E-state index contributed by atoms with van der Waals surface area (Å²) in [5, 5.41) is 2.54. The quantitative estimate of drug-likeness (QED) is 0.618. The molecule has 0 bridgehead atoms. The number of esters is 1. The van der Waals surface area contributed by atoms with Crippen LogP contribution in [0.15, 0.2) is 30.3 Å². The molecule has 0 aromatic heterocycles. The molecule has 1 N–H and O–H groups in total. The fourth-order valence-electron chi connectivity index (χ4n) is 1.42. The number of carbonyl (C=O) groups is 3. The van der Waals surface area contributed by atoms with Gasteiger partial charge in [0, 0.05) is 12.1 Å². The summed E-state index contributed by atoms with van der Waals surface area (Å²) in [5.74, 6) is -2.26. The van der Waals surface area contributed by atoms with Crippen molar-refractivity contribution in [2.75, 3.05) is 13.7 Å². The molecule has 1 rings (SSSR count). The molecule has 0 aliphatic carbocycles. The third kappa shape index (κ3) is 3.69. The summed E-state index contributed by atoms with van der Waals surface area (Å²) >= 11 is 0. The zero-order chi connectivity index (χ0) is 13.5. The van der Waals surface area contributed by atoms with Crippen LogP contribution in [0, 0.1) is 5.92 Å². The van der Waals surface area contributed by atoms with Gasteiger partial charge in [-0.25, -0.2) is 0 Å². The fourth-order valence-corrected chi connectivity index (χ4v) is 1.42. The summed E-state index contributed by atoms with van der Waals surface area (Å²) < 4.78 is 4.50. The molecule has 0 radical (unpaired) electrons. The second kappa shape index (κ2) is 6.54. The first-order valence-electron chi connectivity index (χ1n) is 5.47. The van der Waals surface area contributed by atoms with Crippen molar-refractivity contribution < 1.29 is 19.1 Å². The van der Waals surface area contributed by atoms with E-state index in [4.69, 9.17) is 0 Å². The van der Waals surface area contributed by atoms with E-state index in [2.05, 4.69) is 10.1 Å². The maximum atomic E-state index is 11.7. The molecule has 1 atom stereocenters. The van der Waals surface area contributed by atoms with Gasteiger partial charge in [-0.15, -0.1) is 0 Å². The van der Waals surface area contributed by atoms with Gasteiger partial charge in [0.25, 0.3) is 5.91 Å². The van der Waals surface area contributed by atoms with Crippen LogP contribution < -0.4 is 5.32 Å². The van der Waals surface area contributed by atoms with Crippen LogP contribution in [0.3, 0.4) is 0 Å². The van der Waals surface area contributed by atoms with Crippen LogP contribution in [0.4, 0.5) is 0 Å². The molecule has 1 amide bonds. The van der Waals surface area contributed by atoms with E-state index in [0.29, 0.717) is 5.56 Å². The number of hydrogen-bond acceptors (Lipinski definition) is 4. The molecule has 0 heterocycles. The molecule has 5 nitrogen and oxygen atoms in total. The first-order valence-corrected chi connectivity index (χ1v) is 5.47. The van der Waals surface area contributed by atoms with Gasteiger partial charge >= 0.3 is 5.97 Å². The maximum absolute atomic E-state index is 11.7. The number of methoxy groups -OCH3 is 1. The van der Waals surface area contributed by atoms with Gasteiger partial charge < -0.3 is 10.1 Å². The highest BCUT2D eigenvalue weighted by Gasteiger charge is 2.24. The lowest BCUT2D eigenvalue weighted by Gasteiger charge is -2.12. The topological polar surface area (TPSA) is 72.5 Å². The lowest BCUT2D eigenvalue weighted by atomic mass is 10.1. The lowest BCUT2D eigenvalue weighted by Crippen LogP contribution is -2.37. The second-order valence-electron chi connectivity index (χ2n) is 3.76. The molecule has 0 fully saturated rings. The van der Waals surface area contributed by atoms with Gasteiger partial charge in [0.1, 0.15) is 11.7 Å². The molecule has 0 saturated heterocycles. The molecule has 0 aliphatic heterocycles. The smallest absolute Gasteiger partial charge is 0.318 e. The van der Waals surface area contributed by atoms with Crippen LogP contribution in [-0.2, 0) is 14.3 Å². The fraction of sp³-hybridized carbons (Fsp3) is 0.308. The lowest BCUT2D eigenvalue weighted by molar-refractivity contribution is -0.148. The standard InChI is InChI=1S/C13H15NO4/c1-9(15)11(13(17)18-2)8-14-12(16)10-6-4-3-5-7-10/h3-7,11H,8H2,1-2H3,(H,14,16)/t11-/m0/s1. The van der Waals surface area contributed by atoms with Crippen LogP contribution in [0.2, 0.25) is 0 Å². The van der Waals surface area contributed by atoms with E-state index in [0.717, 1.165) is 0 Å². The molecule has 0 spiro atoms. The number of hydrogen-bond donors (Lipinski definition) is 1. The molecule has 5 heteroatoms. The zero-order valence-corrected chi connectivity index (χ0v) is 10.3. The Balaban J connectivity index is 2.61. The van der Waals surface area contributed by atoms with E-state index < -0.39 is 11.9 Å². The van der Waals surface area contributed by atoms with Crippen molar-refractivity contribution in [3.63, 3.8) is 0 Å². The second-order valence-corrected chi connectivity index (χ2v) is 3.76. The summed E-state index contributed by atoms with van der Waals surface area (Å²) in [6.45, 7) is 1.23. The third-order valence-electron chi connectivity index (χ3n) is 2.48. The number of carbonyl (C=O) groups excluding carboxylic acids is 3. The molecular weight excluding hydrogens is 234 g/mol. The van der Waals surface area contributed by atoms with Crippen LogP contribution >= 0.6 is 0 Å². The number of benzene rings is 1. The van der Waals surface area contributed by atoms with Crippen LogP contribution in [0.1, 0.15) is 17.3 Å². The van der Waals surface area contributed by atoms with Gasteiger partial charge in [0.15, 0.2) is 0 Å². The minimum atomic E-state index is -0.956. The molecule has 96 valence electrons. The molecule has 0 aliphatic rings. The number of ether oxygens (including phenoxy) is 1. The highest BCUT2D eigenvalue weighted by atomic mass is 16.5. The summed E-state index contributed by atoms with van der Waals surface area (Å²) in [7, 11) is 1.21. The molecule has 0 unspecified atom stereocenters. The Morgan fingerprint density at radius 1 is 1.22 bits per heavy atom. The SMILES string of the molecule is COC(=O)[C@@H](CNC(=O)c1ccccc1)C(C)=O. The average Bonchev–Trinajstić information content (AvgIpc) is 2.39. The first-order chi connectivity index (χ1) is 8.56. The zero-order valence-electron chi connectivity index (χ0n) is 10.3. The molecule has 1 aromatic rings. The monoisotopic (exact) mass is 249 g/mol. The van der Waals surface area contributed by atoms with Gasteiger partial charge in [-0.05, 0) is 19.1 Å². The van der Waals surface area contributed by atoms with Crippen molar-refractivity contribution >= 4 is 17.7 Å². The van der Waals surface area contributed by atoms with E-state index in [1.807, 2.05) is 0 Å². The van der Waals surface area contributed by atoms with Gasteiger partial charge in [-0.2, -0.15) is 0 Å². The largest absolute Gasteiger partial charge is 0.468 e. The normalized spacial score (nSPS) is 11.4. The predicted octanol–water partition coefficient (Wildman–Crippen LogP) is 0.795. The van der Waals surface area contributed by atoms with E-state index in [-0.39, 0.29) is 18.2 Å². The number of rotatable bonds is 5. The Kier molecular flexibility index (Phi) is 5.05. The minimum absolute atomic E-state index is 0.0598. The Labute approximate surface area is 105 Å². The van der Waals surface area contributed by atoms with Gasteiger partial charge in [0.05, 0.1) is 7.11 Å². The number of nitrogens with one attached hydrogen (secondary N) is 1. The van der Waals surface area contributed by atoms with Crippen molar-refractivity contribution in [2.45, 2.75) is 6.92 Å². The van der Waals surface area contributed by atoms with Crippen molar-refractivity contribution in [1.29, 1.82) is 0 Å². The highest BCUT2D eigenvalue weighted by Crippen LogP contribution is 2.02. The van der Waals surface area contributed by atoms with E-state index >= 15 is 0 Å². The Morgan fingerprint density at radius 2 is 1.83 bits per heavy atom. The van der Waals surface area contributed by atoms with E-state index in [9.17, 15) is 14.4 Å². The predicted molar refractivity (Wildman–Crippen MR) is 65.0 cm³/mol. The first kappa shape index (κ1) is 13.9. The third-order valence-corrected chi connectivity index (χ3v) is 2.48. The maximum Gasteiger partial charge on any atom is 0.318 e. The van der Waals surface area contributed by atoms with Crippen LogP contribution in [0.5, 0.6) is 0 Å². The summed E-state index contributed by atoms with van der Waals surface area (Å²) in [6, 6.07) is 8.56.